The summed E-state index contributed by atoms with van der Waals surface area (Å²) in [6.07, 6.45) is 0.796. The lowest BCUT2D eigenvalue weighted by atomic mass is 9.94. The van der Waals surface area contributed by atoms with Crippen molar-refractivity contribution in [2.45, 2.75) is 20.3 Å². The molecule has 0 radical (unpaired) electrons. The van der Waals surface area contributed by atoms with Crippen molar-refractivity contribution >= 4 is 11.5 Å². The van der Waals surface area contributed by atoms with E-state index < -0.39 is 0 Å². The van der Waals surface area contributed by atoms with Crippen LogP contribution in [-0.2, 0) is 6.42 Å². The van der Waals surface area contributed by atoms with Crippen molar-refractivity contribution < 1.29 is 0 Å². The van der Waals surface area contributed by atoms with Crippen LogP contribution in [0.2, 0.25) is 0 Å². The van der Waals surface area contributed by atoms with Gasteiger partial charge in [-0.15, -0.1) is 0 Å². The van der Waals surface area contributed by atoms with E-state index in [4.69, 9.17) is 5.73 Å². The molecule has 0 unspecified atom stereocenters. The van der Waals surface area contributed by atoms with E-state index in [1.165, 1.54) is 0 Å². The quantitative estimate of drug-likeness (QED) is 0.938. The predicted molar refractivity (Wildman–Crippen MR) is 87.2 cm³/mol. The van der Waals surface area contributed by atoms with Crippen LogP contribution in [0.5, 0.6) is 0 Å². The molecule has 0 aliphatic rings. The van der Waals surface area contributed by atoms with Crippen LogP contribution in [0.3, 0.4) is 0 Å². The summed E-state index contributed by atoms with van der Waals surface area (Å²) in [5.74, 6) is 0.312. The van der Waals surface area contributed by atoms with Crippen molar-refractivity contribution in [3.05, 3.63) is 41.1 Å². The number of nitrogen functional groups attached to an aromatic ring is 1. The molecule has 4 nitrogen and oxygen atoms in total. The zero-order valence-corrected chi connectivity index (χ0v) is 12.9. The molecule has 1 aromatic heterocycles. The SMILES string of the molecule is CCc1nc(N)c(C#N)c(-c2ccc(N(C)C)cc2)c1C. The number of aromatic nitrogens is 1. The van der Waals surface area contributed by atoms with E-state index in [1.54, 1.807) is 0 Å². The molecule has 108 valence electrons. The molecule has 0 saturated carbocycles. The molecule has 0 atom stereocenters. The van der Waals surface area contributed by atoms with Crippen molar-refractivity contribution in [1.29, 1.82) is 5.26 Å². The largest absolute Gasteiger partial charge is 0.383 e. The van der Waals surface area contributed by atoms with Crippen molar-refractivity contribution in [2.75, 3.05) is 24.7 Å². The smallest absolute Gasteiger partial charge is 0.142 e. The number of aryl methyl sites for hydroxylation is 1. The van der Waals surface area contributed by atoms with Crippen molar-refractivity contribution in [3.63, 3.8) is 0 Å². The number of nitrogens with two attached hydrogens (primary N) is 1. The van der Waals surface area contributed by atoms with Gasteiger partial charge in [0.25, 0.3) is 0 Å². The number of anilines is 2. The summed E-state index contributed by atoms with van der Waals surface area (Å²) in [5.41, 5.74) is 11.4. The van der Waals surface area contributed by atoms with Gasteiger partial charge in [-0.3, -0.25) is 0 Å². The Bertz CT molecular complexity index is 693. The zero-order chi connectivity index (χ0) is 15.6. The number of rotatable bonds is 3. The lowest BCUT2D eigenvalue weighted by Gasteiger charge is -2.16. The minimum atomic E-state index is 0.312. The first-order chi connectivity index (χ1) is 9.99. The van der Waals surface area contributed by atoms with E-state index in [0.29, 0.717) is 11.4 Å². The van der Waals surface area contributed by atoms with Gasteiger partial charge in [-0.2, -0.15) is 5.26 Å². The van der Waals surface area contributed by atoms with Crippen LogP contribution >= 0.6 is 0 Å². The molecule has 0 fully saturated rings. The van der Waals surface area contributed by atoms with Crippen LogP contribution in [0.4, 0.5) is 11.5 Å². The minimum absolute atomic E-state index is 0.312. The van der Waals surface area contributed by atoms with Crippen LogP contribution in [0.15, 0.2) is 24.3 Å². The van der Waals surface area contributed by atoms with E-state index in [-0.39, 0.29) is 0 Å². The Hall–Kier alpha value is -2.54. The minimum Gasteiger partial charge on any atom is -0.383 e. The van der Waals surface area contributed by atoms with E-state index in [2.05, 4.69) is 11.1 Å². The van der Waals surface area contributed by atoms with Gasteiger partial charge in [-0.05, 0) is 36.6 Å². The maximum absolute atomic E-state index is 9.41. The summed E-state index contributed by atoms with van der Waals surface area (Å²) in [6, 6.07) is 10.3. The topological polar surface area (TPSA) is 65.9 Å². The second-order valence-electron chi connectivity index (χ2n) is 5.23. The number of pyridine rings is 1. The standard InChI is InChI=1S/C17H20N4/c1-5-15-11(2)16(14(10-18)17(19)20-15)12-6-8-13(9-7-12)21(3)4/h6-9H,5H2,1-4H3,(H2,19,20). The molecule has 2 aromatic rings. The van der Waals surface area contributed by atoms with Gasteiger partial charge in [-0.25, -0.2) is 4.98 Å². The Labute approximate surface area is 125 Å². The number of hydrogen-bond acceptors (Lipinski definition) is 4. The molecule has 0 saturated heterocycles. The lowest BCUT2D eigenvalue weighted by Crippen LogP contribution is -2.08. The average molecular weight is 280 g/mol. The highest BCUT2D eigenvalue weighted by atomic mass is 15.1. The average Bonchev–Trinajstić information content (AvgIpc) is 2.48. The van der Waals surface area contributed by atoms with Crippen molar-refractivity contribution in [2.24, 2.45) is 0 Å². The maximum atomic E-state index is 9.41. The number of nitriles is 1. The monoisotopic (exact) mass is 280 g/mol. The normalized spacial score (nSPS) is 10.2. The molecule has 0 amide bonds. The first-order valence-corrected chi connectivity index (χ1v) is 6.96. The Kier molecular flexibility index (Phi) is 4.13. The third-order valence-corrected chi connectivity index (χ3v) is 3.69. The fourth-order valence-corrected chi connectivity index (χ4v) is 2.49. The molecule has 0 aliphatic carbocycles. The number of benzene rings is 1. The van der Waals surface area contributed by atoms with Gasteiger partial charge in [-0.1, -0.05) is 19.1 Å². The van der Waals surface area contributed by atoms with Crippen LogP contribution in [0.25, 0.3) is 11.1 Å². The predicted octanol–water partition coefficient (Wildman–Crippen LogP) is 3.14. The molecule has 1 aromatic carbocycles. The fourth-order valence-electron chi connectivity index (χ4n) is 2.49. The fraction of sp³-hybridized carbons (Fsp3) is 0.294. The van der Waals surface area contributed by atoms with Gasteiger partial charge in [0, 0.05) is 31.0 Å². The lowest BCUT2D eigenvalue weighted by molar-refractivity contribution is 1.01. The number of nitrogens with zero attached hydrogens (tertiary/aromatic N) is 3. The van der Waals surface area contributed by atoms with Gasteiger partial charge >= 0.3 is 0 Å². The Morgan fingerprint density at radius 3 is 2.33 bits per heavy atom. The molecule has 0 bridgehead atoms. The van der Waals surface area contributed by atoms with Crippen LogP contribution in [0.1, 0.15) is 23.7 Å². The molecule has 1 heterocycles. The summed E-state index contributed by atoms with van der Waals surface area (Å²) in [7, 11) is 4.00. The summed E-state index contributed by atoms with van der Waals surface area (Å²) >= 11 is 0. The van der Waals surface area contributed by atoms with Gasteiger partial charge in [0.05, 0.1) is 0 Å². The maximum Gasteiger partial charge on any atom is 0.142 e. The molecule has 21 heavy (non-hydrogen) atoms. The highest BCUT2D eigenvalue weighted by Crippen LogP contribution is 2.32. The van der Waals surface area contributed by atoms with Crippen LogP contribution in [-0.4, -0.2) is 19.1 Å². The van der Waals surface area contributed by atoms with E-state index in [9.17, 15) is 5.26 Å². The first kappa shape index (κ1) is 14.9. The second kappa shape index (κ2) is 5.84. The molecule has 4 heteroatoms. The number of hydrogen-bond donors (Lipinski definition) is 1. The van der Waals surface area contributed by atoms with Crippen molar-refractivity contribution in [1.82, 2.24) is 4.98 Å². The van der Waals surface area contributed by atoms with E-state index >= 15 is 0 Å². The van der Waals surface area contributed by atoms with Gasteiger partial charge in [0.15, 0.2) is 0 Å². The summed E-state index contributed by atoms with van der Waals surface area (Å²) in [5, 5.41) is 9.41. The second-order valence-corrected chi connectivity index (χ2v) is 5.23. The highest BCUT2D eigenvalue weighted by Gasteiger charge is 2.16. The van der Waals surface area contributed by atoms with Gasteiger partial charge in [0.2, 0.25) is 0 Å². The molecular weight excluding hydrogens is 260 g/mol. The van der Waals surface area contributed by atoms with Gasteiger partial charge in [0.1, 0.15) is 17.5 Å². The summed E-state index contributed by atoms with van der Waals surface area (Å²) in [4.78, 5) is 6.38. The van der Waals surface area contributed by atoms with Crippen molar-refractivity contribution in [3.8, 4) is 17.2 Å². The molecule has 0 aliphatic heterocycles. The molecular formula is C17H20N4. The summed E-state index contributed by atoms with van der Waals surface area (Å²) in [6.45, 7) is 4.04. The Morgan fingerprint density at radius 2 is 1.86 bits per heavy atom. The summed E-state index contributed by atoms with van der Waals surface area (Å²) < 4.78 is 0. The van der Waals surface area contributed by atoms with E-state index in [0.717, 1.165) is 34.5 Å². The van der Waals surface area contributed by atoms with Crippen LogP contribution in [0, 0.1) is 18.3 Å². The van der Waals surface area contributed by atoms with Crippen LogP contribution < -0.4 is 10.6 Å². The molecule has 2 rings (SSSR count). The zero-order valence-electron chi connectivity index (χ0n) is 12.9. The Morgan fingerprint density at radius 1 is 1.24 bits per heavy atom. The molecule has 2 N–H and O–H groups in total. The highest BCUT2D eigenvalue weighted by molar-refractivity contribution is 5.79. The Balaban J connectivity index is 2.67. The first-order valence-electron chi connectivity index (χ1n) is 6.96. The van der Waals surface area contributed by atoms with Gasteiger partial charge < -0.3 is 10.6 Å². The third kappa shape index (κ3) is 2.68. The third-order valence-electron chi connectivity index (χ3n) is 3.69. The molecule has 0 spiro atoms. The van der Waals surface area contributed by atoms with E-state index in [1.807, 2.05) is 57.1 Å².